The number of hydrogen-bond acceptors (Lipinski definition) is 4. The molecule has 0 fully saturated rings. The number of ether oxygens (including phenoxy) is 1. The standard InChI is InChI=1S/C13H18Cl2N2O3/c14-9-3-4-12(11(15)6-9)20-8-10(18)7-17-5-1-2-13(16)19/h3-4,6,10,17-18H,1-2,5,7-8H2,(H2,16,19). The van der Waals surface area contributed by atoms with Gasteiger partial charge in [-0.25, -0.2) is 0 Å². The van der Waals surface area contributed by atoms with Gasteiger partial charge in [0.2, 0.25) is 5.91 Å². The molecule has 1 rings (SSSR count). The van der Waals surface area contributed by atoms with Gasteiger partial charge in [0.05, 0.1) is 5.02 Å². The number of carbonyl (C=O) groups excluding carboxylic acids is 1. The van der Waals surface area contributed by atoms with Crippen molar-refractivity contribution < 1.29 is 14.6 Å². The van der Waals surface area contributed by atoms with Crippen LogP contribution in [0.1, 0.15) is 12.8 Å². The Labute approximate surface area is 128 Å². The number of aliphatic hydroxyl groups excluding tert-OH is 1. The van der Waals surface area contributed by atoms with Crippen LogP contribution >= 0.6 is 23.2 Å². The fraction of sp³-hybridized carbons (Fsp3) is 0.462. The van der Waals surface area contributed by atoms with Gasteiger partial charge in [-0.2, -0.15) is 0 Å². The number of carbonyl (C=O) groups is 1. The molecular weight excluding hydrogens is 303 g/mol. The maximum absolute atomic E-state index is 10.5. The van der Waals surface area contributed by atoms with E-state index in [9.17, 15) is 9.90 Å². The Balaban J connectivity index is 2.19. The zero-order chi connectivity index (χ0) is 15.0. The SMILES string of the molecule is NC(=O)CCCNCC(O)COc1ccc(Cl)cc1Cl. The highest BCUT2D eigenvalue weighted by Gasteiger charge is 2.07. The molecule has 0 saturated carbocycles. The van der Waals surface area contributed by atoms with Crippen molar-refractivity contribution in [3.05, 3.63) is 28.2 Å². The zero-order valence-corrected chi connectivity index (χ0v) is 12.5. The monoisotopic (exact) mass is 320 g/mol. The third kappa shape index (κ3) is 6.96. The second-order valence-corrected chi connectivity index (χ2v) is 5.16. The predicted octanol–water partition coefficient (Wildman–Crippen LogP) is 1.59. The first kappa shape index (κ1) is 17.0. The summed E-state index contributed by atoms with van der Waals surface area (Å²) >= 11 is 11.7. The Bertz CT molecular complexity index is 444. The molecule has 112 valence electrons. The van der Waals surface area contributed by atoms with Crippen molar-refractivity contribution in [2.24, 2.45) is 5.73 Å². The summed E-state index contributed by atoms with van der Waals surface area (Å²) in [6, 6.07) is 4.89. The third-order valence-electron chi connectivity index (χ3n) is 2.48. The van der Waals surface area contributed by atoms with E-state index >= 15 is 0 Å². The highest BCUT2D eigenvalue weighted by atomic mass is 35.5. The molecule has 0 bridgehead atoms. The quantitative estimate of drug-likeness (QED) is 0.603. The van der Waals surface area contributed by atoms with E-state index in [1.54, 1.807) is 18.2 Å². The maximum Gasteiger partial charge on any atom is 0.217 e. The first-order chi connectivity index (χ1) is 9.49. The number of halogens is 2. The van der Waals surface area contributed by atoms with Crippen molar-refractivity contribution in [3.8, 4) is 5.75 Å². The molecule has 0 spiro atoms. The molecule has 7 heteroatoms. The van der Waals surface area contributed by atoms with Gasteiger partial charge >= 0.3 is 0 Å². The Morgan fingerprint density at radius 1 is 1.45 bits per heavy atom. The van der Waals surface area contributed by atoms with Gasteiger partial charge in [-0.15, -0.1) is 0 Å². The third-order valence-corrected chi connectivity index (χ3v) is 3.01. The van der Waals surface area contributed by atoms with Gasteiger partial charge in [0.25, 0.3) is 0 Å². The molecule has 0 aromatic heterocycles. The lowest BCUT2D eigenvalue weighted by atomic mass is 10.3. The highest BCUT2D eigenvalue weighted by molar-refractivity contribution is 6.35. The van der Waals surface area contributed by atoms with E-state index in [2.05, 4.69) is 5.32 Å². The zero-order valence-electron chi connectivity index (χ0n) is 10.9. The number of nitrogens with one attached hydrogen (secondary N) is 1. The van der Waals surface area contributed by atoms with Gasteiger partial charge in [0, 0.05) is 18.0 Å². The van der Waals surface area contributed by atoms with Crippen LogP contribution in [0, 0.1) is 0 Å². The molecule has 1 amide bonds. The molecule has 0 saturated heterocycles. The van der Waals surface area contributed by atoms with E-state index < -0.39 is 6.10 Å². The van der Waals surface area contributed by atoms with E-state index in [-0.39, 0.29) is 12.5 Å². The number of amides is 1. The number of nitrogens with two attached hydrogens (primary N) is 1. The number of benzene rings is 1. The summed E-state index contributed by atoms with van der Waals surface area (Å²) in [4.78, 5) is 10.5. The molecule has 1 unspecified atom stereocenters. The van der Waals surface area contributed by atoms with E-state index in [4.69, 9.17) is 33.7 Å². The van der Waals surface area contributed by atoms with Crippen molar-refractivity contribution in [2.75, 3.05) is 19.7 Å². The van der Waals surface area contributed by atoms with E-state index in [0.717, 1.165) is 0 Å². The van der Waals surface area contributed by atoms with Crippen LogP contribution in [0.5, 0.6) is 5.75 Å². The highest BCUT2D eigenvalue weighted by Crippen LogP contribution is 2.27. The second-order valence-electron chi connectivity index (χ2n) is 4.31. The van der Waals surface area contributed by atoms with Crippen LogP contribution in [0.25, 0.3) is 0 Å². The molecule has 0 heterocycles. The minimum atomic E-state index is -0.671. The van der Waals surface area contributed by atoms with E-state index in [0.29, 0.717) is 41.7 Å². The fourth-order valence-corrected chi connectivity index (χ4v) is 1.96. The molecule has 0 aliphatic carbocycles. The van der Waals surface area contributed by atoms with Crippen LogP contribution < -0.4 is 15.8 Å². The Kier molecular flexibility index (Phi) is 7.69. The first-order valence-electron chi connectivity index (χ1n) is 6.24. The van der Waals surface area contributed by atoms with Crippen LogP contribution in [0.2, 0.25) is 10.0 Å². The summed E-state index contributed by atoms with van der Waals surface area (Å²) in [7, 11) is 0. The lowest BCUT2D eigenvalue weighted by Gasteiger charge is -2.14. The summed E-state index contributed by atoms with van der Waals surface area (Å²) in [6.07, 6.45) is 0.307. The number of rotatable bonds is 9. The molecule has 0 aliphatic heterocycles. The van der Waals surface area contributed by atoms with Gasteiger partial charge in [-0.1, -0.05) is 23.2 Å². The first-order valence-corrected chi connectivity index (χ1v) is 6.99. The van der Waals surface area contributed by atoms with Crippen LogP contribution in [-0.2, 0) is 4.79 Å². The molecule has 1 aromatic rings. The largest absolute Gasteiger partial charge is 0.489 e. The smallest absolute Gasteiger partial charge is 0.217 e. The normalized spacial score (nSPS) is 12.2. The number of hydrogen-bond donors (Lipinski definition) is 3. The average molecular weight is 321 g/mol. The van der Waals surface area contributed by atoms with Crippen LogP contribution in [0.3, 0.4) is 0 Å². The Morgan fingerprint density at radius 2 is 2.20 bits per heavy atom. The molecule has 1 atom stereocenters. The van der Waals surface area contributed by atoms with E-state index in [1.807, 2.05) is 0 Å². The van der Waals surface area contributed by atoms with Gasteiger partial charge in [-0.05, 0) is 31.2 Å². The minimum absolute atomic E-state index is 0.115. The number of primary amides is 1. The fourth-order valence-electron chi connectivity index (χ4n) is 1.49. The maximum atomic E-state index is 10.5. The van der Waals surface area contributed by atoms with Gasteiger partial charge < -0.3 is 20.9 Å². The van der Waals surface area contributed by atoms with Crippen LogP contribution in [-0.4, -0.2) is 36.8 Å². The topological polar surface area (TPSA) is 84.6 Å². The summed E-state index contributed by atoms with van der Waals surface area (Å²) < 4.78 is 5.39. The Morgan fingerprint density at radius 3 is 2.85 bits per heavy atom. The lowest BCUT2D eigenvalue weighted by Crippen LogP contribution is -2.32. The van der Waals surface area contributed by atoms with Gasteiger partial charge in [0.15, 0.2) is 0 Å². The van der Waals surface area contributed by atoms with Crippen molar-refractivity contribution in [1.82, 2.24) is 5.32 Å². The molecule has 0 radical (unpaired) electrons. The van der Waals surface area contributed by atoms with Crippen molar-refractivity contribution >= 4 is 29.1 Å². The second kappa shape index (κ2) is 9.02. The predicted molar refractivity (Wildman–Crippen MR) is 79.3 cm³/mol. The molecule has 0 aliphatic rings. The van der Waals surface area contributed by atoms with E-state index in [1.165, 1.54) is 0 Å². The van der Waals surface area contributed by atoms with Crippen LogP contribution in [0.15, 0.2) is 18.2 Å². The molecule has 5 nitrogen and oxygen atoms in total. The minimum Gasteiger partial charge on any atom is -0.489 e. The number of aliphatic hydroxyl groups is 1. The van der Waals surface area contributed by atoms with Crippen molar-refractivity contribution in [3.63, 3.8) is 0 Å². The van der Waals surface area contributed by atoms with Crippen molar-refractivity contribution in [1.29, 1.82) is 0 Å². The summed E-state index contributed by atoms with van der Waals surface area (Å²) in [5, 5.41) is 13.7. The summed E-state index contributed by atoms with van der Waals surface area (Å²) in [5.74, 6) is 0.150. The average Bonchev–Trinajstić information content (AvgIpc) is 2.37. The van der Waals surface area contributed by atoms with Gasteiger partial charge in [0.1, 0.15) is 18.5 Å². The van der Waals surface area contributed by atoms with Crippen LogP contribution in [0.4, 0.5) is 0 Å². The molecule has 1 aromatic carbocycles. The lowest BCUT2D eigenvalue weighted by molar-refractivity contribution is -0.118. The Hall–Kier alpha value is -1.01. The summed E-state index contributed by atoms with van der Waals surface area (Å²) in [6.45, 7) is 1.09. The molecule has 20 heavy (non-hydrogen) atoms. The molecule has 4 N–H and O–H groups in total. The summed E-state index contributed by atoms with van der Waals surface area (Å²) in [5.41, 5.74) is 5.01. The molecular formula is C13H18Cl2N2O3. The van der Waals surface area contributed by atoms with Gasteiger partial charge in [-0.3, -0.25) is 4.79 Å². The van der Waals surface area contributed by atoms with Crippen molar-refractivity contribution in [2.45, 2.75) is 18.9 Å².